The second-order valence-electron chi connectivity index (χ2n) is 6.16. The molecule has 114 valence electrons. The highest BCUT2D eigenvalue weighted by molar-refractivity contribution is 5.81. The third kappa shape index (κ3) is 4.69. The van der Waals surface area contributed by atoms with Gasteiger partial charge in [-0.15, -0.1) is 0 Å². The summed E-state index contributed by atoms with van der Waals surface area (Å²) in [6.45, 7) is 4.45. The zero-order chi connectivity index (χ0) is 15.2. The summed E-state index contributed by atoms with van der Waals surface area (Å²) in [6, 6.07) is 8.20. The molecule has 0 radical (unpaired) electrons. The number of aryl methyl sites for hydroxylation is 1. The summed E-state index contributed by atoms with van der Waals surface area (Å²) >= 11 is 0. The summed E-state index contributed by atoms with van der Waals surface area (Å²) < 4.78 is 0. The van der Waals surface area contributed by atoms with Crippen LogP contribution in [0.5, 0.6) is 0 Å². The second kappa shape index (κ2) is 7.39. The van der Waals surface area contributed by atoms with Gasteiger partial charge in [-0.25, -0.2) is 0 Å². The highest BCUT2D eigenvalue weighted by Crippen LogP contribution is 2.21. The number of hydrogen-bond acceptors (Lipinski definition) is 2. The van der Waals surface area contributed by atoms with Crippen LogP contribution in [0.4, 0.5) is 0 Å². The molecule has 1 aliphatic heterocycles. The van der Waals surface area contributed by atoms with Crippen LogP contribution in [-0.2, 0) is 16.0 Å². The Morgan fingerprint density at radius 2 is 2.05 bits per heavy atom. The molecule has 0 aliphatic carbocycles. The standard InChI is InChI=1S/C18H25NO2/c1-14-7-6-8-16(11-14)13-18(21)19-10-5-3-4-9-17(19)12-15(2)20/h6-8,11,17H,3-5,9-10,12-13H2,1-2H3. The van der Waals surface area contributed by atoms with E-state index in [0.29, 0.717) is 12.8 Å². The van der Waals surface area contributed by atoms with Crippen LogP contribution in [0.15, 0.2) is 24.3 Å². The van der Waals surface area contributed by atoms with Gasteiger partial charge in [-0.2, -0.15) is 0 Å². The second-order valence-corrected chi connectivity index (χ2v) is 6.16. The minimum atomic E-state index is 0.0994. The van der Waals surface area contributed by atoms with Crippen molar-refractivity contribution in [2.24, 2.45) is 0 Å². The molecule has 0 spiro atoms. The molecule has 3 heteroatoms. The van der Waals surface area contributed by atoms with Gasteiger partial charge in [0.2, 0.25) is 5.91 Å². The molecule has 0 aromatic heterocycles. The predicted octanol–water partition coefficient (Wildman–Crippen LogP) is 3.29. The molecule has 0 saturated carbocycles. The van der Waals surface area contributed by atoms with Crippen molar-refractivity contribution in [2.75, 3.05) is 6.54 Å². The maximum atomic E-state index is 12.6. The molecule has 2 rings (SSSR count). The molecule has 1 unspecified atom stereocenters. The Balaban J connectivity index is 2.08. The Labute approximate surface area is 127 Å². The fourth-order valence-corrected chi connectivity index (χ4v) is 3.15. The van der Waals surface area contributed by atoms with Crippen molar-refractivity contribution >= 4 is 11.7 Å². The smallest absolute Gasteiger partial charge is 0.227 e. The number of nitrogens with zero attached hydrogens (tertiary/aromatic N) is 1. The Hall–Kier alpha value is -1.64. The Kier molecular flexibility index (Phi) is 5.54. The van der Waals surface area contributed by atoms with Crippen LogP contribution in [0.25, 0.3) is 0 Å². The highest BCUT2D eigenvalue weighted by atomic mass is 16.2. The molecule has 0 N–H and O–H groups in total. The quantitative estimate of drug-likeness (QED) is 0.852. The van der Waals surface area contributed by atoms with Crippen molar-refractivity contribution in [2.45, 2.75) is 58.4 Å². The Bertz CT molecular complexity index is 510. The van der Waals surface area contributed by atoms with Crippen molar-refractivity contribution < 1.29 is 9.59 Å². The van der Waals surface area contributed by atoms with Crippen molar-refractivity contribution in [3.63, 3.8) is 0 Å². The van der Waals surface area contributed by atoms with E-state index in [9.17, 15) is 9.59 Å². The topological polar surface area (TPSA) is 37.4 Å². The number of benzene rings is 1. The number of carbonyl (C=O) groups is 2. The molecule has 1 fully saturated rings. The lowest BCUT2D eigenvalue weighted by Gasteiger charge is -2.29. The normalized spacial score (nSPS) is 19.1. The van der Waals surface area contributed by atoms with E-state index in [1.54, 1.807) is 6.92 Å². The van der Waals surface area contributed by atoms with Gasteiger partial charge >= 0.3 is 0 Å². The lowest BCUT2D eigenvalue weighted by molar-refractivity contribution is -0.133. The first-order chi connectivity index (χ1) is 10.1. The van der Waals surface area contributed by atoms with Gasteiger partial charge in [0.25, 0.3) is 0 Å². The van der Waals surface area contributed by atoms with Gasteiger partial charge in [0.15, 0.2) is 0 Å². The summed E-state index contributed by atoms with van der Waals surface area (Å²) in [5, 5.41) is 0. The number of ketones is 1. The molecule has 0 bridgehead atoms. The van der Waals surface area contributed by atoms with E-state index >= 15 is 0 Å². The summed E-state index contributed by atoms with van der Waals surface area (Å²) in [4.78, 5) is 26.1. The average Bonchev–Trinajstić information content (AvgIpc) is 2.63. The van der Waals surface area contributed by atoms with E-state index in [2.05, 4.69) is 6.07 Å². The molecule has 1 saturated heterocycles. The third-order valence-electron chi connectivity index (χ3n) is 4.16. The predicted molar refractivity (Wildman–Crippen MR) is 84.2 cm³/mol. The first-order valence-corrected chi connectivity index (χ1v) is 7.90. The van der Waals surface area contributed by atoms with Crippen LogP contribution >= 0.6 is 0 Å². The lowest BCUT2D eigenvalue weighted by atomic mass is 10.0. The lowest BCUT2D eigenvalue weighted by Crippen LogP contribution is -2.41. The van der Waals surface area contributed by atoms with Gasteiger partial charge in [0.1, 0.15) is 5.78 Å². The number of rotatable bonds is 4. The van der Waals surface area contributed by atoms with E-state index in [0.717, 1.165) is 37.8 Å². The molecule has 1 aliphatic rings. The molecule has 1 aromatic rings. The molecular weight excluding hydrogens is 262 g/mol. The van der Waals surface area contributed by atoms with Crippen LogP contribution in [0.3, 0.4) is 0 Å². The van der Waals surface area contributed by atoms with Crippen molar-refractivity contribution in [3.8, 4) is 0 Å². The fraction of sp³-hybridized carbons (Fsp3) is 0.556. The monoisotopic (exact) mass is 287 g/mol. The van der Waals surface area contributed by atoms with Gasteiger partial charge in [-0.3, -0.25) is 9.59 Å². The molecule has 21 heavy (non-hydrogen) atoms. The SMILES string of the molecule is CC(=O)CC1CCCCCN1C(=O)Cc1cccc(C)c1. The summed E-state index contributed by atoms with van der Waals surface area (Å²) in [5.74, 6) is 0.337. The number of carbonyl (C=O) groups excluding carboxylic acids is 2. The largest absolute Gasteiger partial charge is 0.339 e. The van der Waals surface area contributed by atoms with E-state index in [-0.39, 0.29) is 17.7 Å². The van der Waals surface area contributed by atoms with Crippen molar-refractivity contribution in [3.05, 3.63) is 35.4 Å². The number of amides is 1. The molecule has 1 atom stereocenters. The molecule has 1 heterocycles. The third-order valence-corrected chi connectivity index (χ3v) is 4.16. The van der Waals surface area contributed by atoms with Crippen LogP contribution in [-0.4, -0.2) is 29.2 Å². The zero-order valence-corrected chi connectivity index (χ0v) is 13.1. The van der Waals surface area contributed by atoms with E-state index in [1.165, 1.54) is 5.56 Å². The van der Waals surface area contributed by atoms with E-state index < -0.39 is 0 Å². The first kappa shape index (κ1) is 15.7. The number of hydrogen-bond donors (Lipinski definition) is 0. The molecule has 3 nitrogen and oxygen atoms in total. The van der Waals surface area contributed by atoms with Crippen molar-refractivity contribution in [1.82, 2.24) is 4.90 Å². The number of likely N-dealkylation sites (tertiary alicyclic amines) is 1. The number of Topliss-reactive ketones (excluding diaryl/α,β-unsaturated/α-hetero) is 1. The van der Waals surface area contributed by atoms with Crippen LogP contribution in [0, 0.1) is 6.92 Å². The Morgan fingerprint density at radius 3 is 2.76 bits per heavy atom. The minimum Gasteiger partial charge on any atom is -0.339 e. The van der Waals surface area contributed by atoms with Gasteiger partial charge in [-0.05, 0) is 32.3 Å². The summed E-state index contributed by atoms with van der Waals surface area (Å²) in [7, 11) is 0. The summed E-state index contributed by atoms with van der Waals surface area (Å²) in [5.41, 5.74) is 2.24. The van der Waals surface area contributed by atoms with Gasteiger partial charge in [0, 0.05) is 19.0 Å². The molecule has 1 aromatic carbocycles. The molecule has 1 amide bonds. The highest BCUT2D eigenvalue weighted by Gasteiger charge is 2.26. The Morgan fingerprint density at radius 1 is 1.24 bits per heavy atom. The van der Waals surface area contributed by atoms with E-state index in [1.807, 2.05) is 30.0 Å². The molecular formula is C18H25NO2. The van der Waals surface area contributed by atoms with Gasteiger partial charge < -0.3 is 4.90 Å². The maximum Gasteiger partial charge on any atom is 0.227 e. The van der Waals surface area contributed by atoms with E-state index in [4.69, 9.17) is 0 Å². The van der Waals surface area contributed by atoms with Crippen LogP contribution in [0.2, 0.25) is 0 Å². The summed E-state index contributed by atoms with van der Waals surface area (Å²) in [6.07, 6.45) is 5.22. The zero-order valence-electron chi connectivity index (χ0n) is 13.1. The fourth-order valence-electron chi connectivity index (χ4n) is 3.15. The van der Waals surface area contributed by atoms with Crippen molar-refractivity contribution in [1.29, 1.82) is 0 Å². The maximum absolute atomic E-state index is 12.6. The van der Waals surface area contributed by atoms with Crippen LogP contribution in [0.1, 0.15) is 50.2 Å². The first-order valence-electron chi connectivity index (χ1n) is 7.90. The average molecular weight is 287 g/mol. The van der Waals surface area contributed by atoms with Gasteiger partial charge in [-0.1, -0.05) is 42.7 Å². The van der Waals surface area contributed by atoms with Crippen LogP contribution < -0.4 is 0 Å². The van der Waals surface area contributed by atoms with Gasteiger partial charge in [0.05, 0.1) is 6.42 Å². The minimum absolute atomic E-state index is 0.0994.